The maximum Gasteiger partial charge on any atom is 0.292 e. The Balaban J connectivity index is 0.000000585. The number of hydrogen-bond acceptors (Lipinski definition) is 11. The third kappa shape index (κ3) is 26.7. The van der Waals surface area contributed by atoms with Crippen molar-refractivity contribution < 1.29 is 29.0 Å². The van der Waals surface area contributed by atoms with Crippen molar-refractivity contribution in [2.45, 2.75) is 90.8 Å². The van der Waals surface area contributed by atoms with Crippen LogP contribution in [0.4, 0.5) is 0 Å². The average Bonchev–Trinajstić information content (AvgIpc) is 3.87. The summed E-state index contributed by atoms with van der Waals surface area (Å²) in [4.78, 5) is 54.8. The van der Waals surface area contributed by atoms with E-state index in [1.807, 2.05) is 38.5 Å². The van der Waals surface area contributed by atoms with Gasteiger partial charge in [-0.05, 0) is 113 Å². The minimum Gasteiger partial charge on any atom is -0.483 e. The summed E-state index contributed by atoms with van der Waals surface area (Å²) < 4.78 is 3.86. The molecule has 5 rings (SSSR count). The van der Waals surface area contributed by atoms with Crippen molar-refractivity contribution in [3.8, 4) is 22.4 Å². The summed E-state index contributed by atoms with van der Waals surface area (Å²) in [6.07, 6.45) is 13.8. The predicted molar refractivity (Wildman–Crippen MR) is 288 cm³/mol. The number of imidazole rings is 1. The lowest BCUT2D eigenvalue weighted by Crippen LogP contribution is -2.31. The number of aryl methyl sites for hydroxylation is 2. The lowest BCUT2D eigenvalue weighted by Gasteiger charge is -2.18. The van der Waals surface area contributed by atoms with E-state index in [-0.39, 0.29) is 6.47 Å². The first-order chi connectivity index (χ1) is 34.1. The number of hydrogen-bond donors (Lipinski definition) is 5. The topological polar surface area (TPSA) is 181 Å². The molecule has 1 amide bonds. The molecule has 1 aromatic heterocycles. The van der Waals surface area contributed by atoms with Crippen LogP contribution in [0.2, 0.25) is 0 Å². The molecule has 0 spiro atoms. The van der Waals surface area contributed by atoms with Crippen molar-refractivity contribution >= 4 is 38.1 Å². The van der Waals surface area contributed by atoms with Crippen LogP contribution in [0.3, 0.4) is 0 Å². The van der Waals surface area contributed by atoms with Gasteiger partial charge >= 0.3 is 0 Å². The van der Waals surface area contributed by atoms with Crippen LogP contribution in [0.15, 0.2) is 127 Å². The van der Waals surface area contributed by atoms with E-state index in [2.05, 4.69) is 166 Å². The summed E-state index contributed by atoms with van der Waals surface area (Å²) in [6, 6.07) is 38.9. The number of benzene rings is 4. The highest BCUT2D eigenvalue weighted by molar-refractivity contribution is 5.72. The highest BCUT2D eigenvalue weighted by Gasteiger charge is 2.09. The van der Waals surface area contributed by atoms with E-state index in [1.165, 1.54) is 37.5 Å². The normalized spacial score (nSPS) is 11.2. The Bertz CT molecular complexity index is 2110. The third-order valence-electron chi connectivity index (χ3n) is 11.0. The first kappa shape index (κ1) is 61.3. The Morgan fingerprint density at radius 3 is 1.74 bits per heavy atom. The van der Waals surface area contributed by atoms with E-state index >= 15 is 0 Å². The molecule has 0 radical (unpaired) electrons. The van der Waals surface area contributed by atoms with Crippen molar-refractivity contribution in [2.24, 2.45) is 4.99 Å². The molecule has 0 saturated heterocycles. The summed E-state index contributed by atoms with van der Waals surface area (Å²) in [6.45, 7) is 14.1. The fraction of sp³-hybridized carbons (Fsp3) is 0.393. The molecule has 5 N–H and O–H groups in total. The fourth-order valence-electron chi connectivity index (χ4n) is 7.16. The summed E-state index contributed by atoms with van der Waals surface area (Å²) in [7, 11) is 7.37. The van der Waals surface area contributed by atoms with Gasteiger partial charge in [-0.15, -0.1) is 0 Å². The number of ether oxygens (including phenoxy) is 1. The van der Waals surface area contributed by atoms with Gasteiger partial charge < -0.3 is 40.5 Å². The minimum absolute atomic E-state index is 0.250. The number of rotatable bonds is 27. The van der Waals surface area contributed by atoms with Crippen LogP contribution in [0.5, 0.6) is 0 Å². The Hall–Kier alpha value is -6.74. The number of nitrogens with one attached hydrogen (secondary N) is 4. The molecular weight excluding hydrogens is 881 g/mol. The number of H-pyrrole nitrogens is 1. The number of methoxy groups -OCH3 is 1. The zero-order chi connectivity index (χ0) is 51.6. The Kier molecular flexibility index (Phi) is 35.2. The molecule has 1 heterocycles. The van der Waals surface area contributed by atoms with Gasteiger partial charge in [0.1, 0.15) is 12.1 Å². The summed E-state index contributed by atoms with van der Waals surface area (Å²) >= 11 is 0. The molecule has 5 aromatic rings. The van der Waals surface area contributed by atoms with Crippen LogP contribution in [-0.4, -0.2) is 124 Å². The number of aromatic amines is 1. The second-order valence-corrected chi connectivity index (χ2v) is 16.2. The number of aromatic nitrogens is 2. The number of nitrogens with zero attached hydrogens (tertiary/aromatic N) is 4. The molecule has 0 aliphatic rings. The van der Waals surface area contributed by atoms with Gasteiger partial charge in [0.05, 0.1) is 31.2 Å². The van der Waals surface area contributed by atoms with Gasteiger partial charge in [0.2, 0.25) is 6.41 Å². The number of carbonyl (C=O) groups is 4. The fourth-order valence-corrected chi connectivity index (χ4v) is 7.16. The molecule has 2 unspecified atom stereocenters. The molecule has 70 heavy (non-hydrogen) atoms. The predicted octanol–water partition coefficient (Wildman–Crippen LogP) is 8.95. The van der Waals surface area contributed by atoms with Crippen LogP contribution >= 0.6 is 0 Å². The highest BCUT2D eigenvalue weighted by atomic mass is 16.5. The van der Waals surface area contributed by atoms with Crippen molar-refractivity contribution in [3.05, 3.63) is 144 Å². The van der Waals surface area contributed by atoms with Crippen LogP contribution in [0.1, 0.15) is 81.8 Å². The molecule has 0 aliphatic heterocycles. The van der Waals surface area contributed by atoms with E-state index in [9.17, 15) is 9.59 Å². The van der Waals surface area contributed by atoms with E-state index in [1.54, 1.807) is 11.1 Å². The van der Waals surface area contributed by atoms with Crippen molar-refractivity contribution in [3.63, 3.8) is 0 Å². The number of aldehydes is 1. The first-order valence-electron chi connectivity index (χ1n) is 24.1. The van der Waals surface area contributed by atoms with Gasteiger partial charge in [-0.1, -0.05) is 130 Å². The summed E-state index contributed by atoms with van der Waals surface area (Å²) in [5.74, 6) is 0.983. The van der Waals surface area contributed by atoms with E-state index in [0.717, 1.165) is 97.5 Å². The second-order valence-electron chi connectivity index (χ2n) is 16.2. The van der Waals surface area contributed by atoms with Gasteiger partial charge in [0, 0.05) is 44.3 Å². The standard InChI is InChI=1S/C29H38N6O.C12H17NO.C12H19N.C2H4O2.CH2O2/c1-5-16-34(4)21-29-32-20-28(33-29)26-13-9-24(10-14-26)23-7-11-25(12-8-23)27(19-30-3)31-15-18-35(22-36)17-6-2;1-13-12(9-10-14)8-7-11-5-3-2-4-6-11;1-3-12(13-2)10-9-11-7-5-4-6-8-11;1-4-2-3;2-1-3/h7-14,19-20,22,31H,3,5-6,15-18,21H2,1-2,4H3,(H,32,33);2-6,10,12-13H,7-9H2,1H3;4-8,12-13H,3,9-10H2,1-2H3;2H,1H3;1H,(H,2,3)/b27-19-;;;;. The second kappa shape index (κ2) is 40.2. The zero-order valence-corrected chi connectivity index (χ0v) is 42.7. The van der Waals surface area contributed by atoms with E-state index in [0.29, 0.717) is 38.1 Å². The molecule has 0 fully saturated rings. The lowest BCUT2D eigenvalue weighted by atomic mass is 10.0. The maximum absolute atomic E-state index is 11.1. The van der Waals surface area contributed by atoms with Gasteiger partial charge in [0.25, 0.3) is 12.9 Å². The van der Waals surface area contributed by atoms with Crippen LogP contribution < -0.4 is 16.0 Å². The number of carboxylic acid groups (broad SMARTS) is 1. The monoisotopic (exact) mass is 961 g/mol. The number of carbonyl (C=O) groups excluding carboxylic acids is 3. The summed E-state index contributed by atoms with van der Waals surface area (Å²) in [5, 5.41) is 16.7. The molecule has 0 aliphatic carbocycles. The van der Waals surface area contributed by atoms with Crippen molar-refractivity contribution in [1.29, 1.82) is 0 Å². The smallest absolute Gasteiger partial charge is 0.292 e. The SMILES string of the molecule is C=N/C=C(\NCCN(C=O)CCC)c1ccc(-c2ccc(-c3cnc(CN(C)CCC)[nH]3)cc2)cc1.CCC(CCc1ccccc1)NC.CNC(CC=O)CCc1ccccc1.COC=O.O=CO. The van der Waals surface area contributed by atoms with Crippen molar-refractivity contribution in [1.82, 2.24) is 35.7 Å². The average molecular weight is 961 g/mol. The zero-order valence-electron chi connectivity index (χ0n) is 42.7. The third-order valence-corrected chi connectivity index (χ3v) is 11.0. The molecule has 0 bridgehead atoms. The molecular formula is C56H80N8O6. The van der Waals surface area contributed by atoms with Crippen molar-refractivity contribution in [2.75, 3.05) is 54.4 Å². The minimum atomic E-state index is -0.250. The molecule has 0 saturated carbocycles. The maximum atomic E-state index is 11.1. The lowest BCUT2D eigenvalue weighted by molar-refractivity contribution is -0.126. The molecule has 380 valence electrons. The van der Waals surface area contributed by atoms with Gasteiger partial charge in [-0.3, -0.25) is 24.3 Å². The Morgan fingerprint density at radius 1 is 0.771 bits per heavy atom. The van der Waals surface area contributed by atoms with Gasteiger partial charge in [-0.25, -0.2) is 4.98 Å². The Labute approximate surface area is 418 Å². The van der Waals surface area contributed by atoms with Crippen LogP contribution in [0.25, 0.3) is 28.1 Å². The molecule has 14 heteroatoms. The van der Waals surface area contributed by atoms with E-state index < -0.39 is 0 Å². The van der Waals surface area contributed by atoms with E-state index in [4.69, 9.17) is 14.7 Å². The Morgan fingerprint density at radius 2 is 1.29 bits per heavy atom. The molecule has 14 nitrogen and oxygen atoms in total. The van der Waals surface area contributed by atoms with Gasteiger partial charge in [-0.2, -0.15) is 0 Å². The van der Waals surface area contributed by atoms with Gasteiger partial charge in [0.15, 0.2) is 0 Å². The van der Waals surface area contributed by atoms with Crippen LogP contribution in [-0.2, 0) is 43.3 Å². The first-order valence-corrected chi connectivity index (χ1v) is 24.1. The highest BCUT2D eigenvalue weighted by Crippen LogP contribution is 2.26. The number of aliphatic imine (C=N–C) groups is 1. The quantitative estimate of drug-likeness (QED) is 0.0250. The summed E-state index contributed by atoms with van der Waals surface area (Å²) in [5.41, 5.74) is 9.11. The largest absolute Gasteiger partial charge is 0.483 e. The van der Waals surface area contributed by atoms with Crippen LogP contribution in [0, 0.1) is 0 Å². The molecule has 4 aromatic carbocycles. The number of amides is 1. The molecule has 2 atom stereocenters.